The molecule has 0 aliphatic heterocycles. The van der Waals surface area contributed by atoms with Crippen LogP contribution in [-0.2, 0) is 6.18 Å². The summed E-state index contributed by atoms with van der Waals surface area (Å²) in [5.41, 5.74) is 6.42. The number of fused-ring (bicyclic) bond motifs is 1. The molecule has 2 aromatic carbocycles. The summed E-state index contributed by atoms with van der Waals surface area (Å²) in [5, 5.41) is 3.45. The summed E-state index contributed by atoms with van der Waals surface area (Å²) in [6, 6.07) is 10.6. The first-order valence-electron chi connectivity index (χ1n) is 6.63. The van der Waals surface area contributed by atoms with E-state index in [1.165, 1.54) is 24.4 Å². The monoisotopic (exact) mass is 381 g/mol. The highest BCUT2D eigenvalue weighted by Crippen LogP contribution is 2.38. The third kappa shape index (κ3) is 3.10. The molecule has 1 heterocycles. The van der Waals surface area contributed by atoms with Gasteiger partial charge in [-0.1, -0.05) is 28.1 Å². The zero-order chi connectivity index (χ0) is 16.6. The summed E-state index contributed by atoms with van der Waals surface area (Å²) in [5.74, 6) is 0. The number of benzene rings is 2. The maximum Gasteiger partial charge on any atom is 0.418 e. The Hall–Kier alpha value is -2.28. The number of nitrogens with zero attached hydrogens (tertiary/aromatic N) is 1. The Balaban J connectivity index is 2.16. The van der Waals surface area contributed by atoms with E-state index in [1.807, 2.05) is 0 Å². The average Bonchev–Trinajstić information content (AvgIpc) is 2.50. The van der Waals surface area contributed by atoms with Crippen LogP contribution in [0.2, 0.25) is 0 Å². The molecule has 23 heavy (non-hydrogen) atoms. The topological polar surface area (TPSA) is 50.9 Å². The molecule has 0 amide bonds. The number of halogens is 4. The third-order valence-electron chi connectivity index (χ3n) is 3.35. The first kappa shape index (κ1) is 15.6. The number of nitrogen functional groups attached to an aromatic ring is 1. The normalized spacial score (nSPS) is 11.7. The maximum atomic E-state index is 13.1. The van der Waals surface area contributed by atoms with Crippen LogP contribution in [0.25, 0.3) is 10.9 Å². The lowest BCUT2D eigenvalue weighted by molar-refractivity contribution is -0.136. The second-order valence-electron chi connectivity index (χ2n) is 4.92. The fourth-order valence-electron chi connectivity index (χ4n) is 2.29. The van der Waals surface area contributed by atoms with Gasteiger partial charge in [-0.3, -0.25) is 4.98 Å². The summed E-state index contributed by atoms with van der Waals surface area (Å²) in [6.07, 6.45) is -3.03. The van der Waals surface area contributed by atoms with Gasteiger partial charge in [0.05, 0.1) is 34.3 Å². The molecule has 3 aromatic rings. The minimum atomic E-state index is -4.46. The summed E-state index contributed by atoms with van der Waals surface area (Å²) < 4.78 is 40.2. The van der Waals surface area contributed by atoms with E-state index in [0.717, 1.165) is 10.5 Å². The van der Waals surface area contributed by atoms with Crippen molar-refractivity contribution in [1.82, 2.24) is 4.98 Å². The maximum absolute atomic E-state index is 13.1. The summed E-state index contributed by atoms with van der Waals surface area (Å²) in [7, 11) is 0. The van der Waals surface area contributed by atoms with Gasteiger partial charge in [-0.25, -0.2) is 0 Å². The standard InChI is InChI=1S/C16H11BrF3N3/c17-9-5-6-13-10(7-9)15(12(21)8-22-13)23-14-4-2-1-3-11(14)16(18,19)20/h1-8H,21H2,(H,22,23). The molecule has 0 unspecified atom stereocenters. The predicted octanol–water partition coefficient (Wildman–Crippen LogP) is 5.34. The number of hydrogen-bond acceptors (Lipinski definition) is 3. The van der Waals surface area contributed by atoms with Gasteiger partial charge in [0.1, 0.15) is 0 Å². The molecule has 118 valence electrons. The van der Waals surface area contributed by atoms with Crippen molar-refractivity contribution in [1.29, 1.82) is 0 Å². The van der Waals surface area contributed by atoms with Gasteiger partial charge in [0.15, 0.2) is 0 Å². The van der Waals surface area contributed by atoms with E-state index in [-0.39, 0.29) is 11.4 Å². The number of nitrogens with two attached hydrogens (primary N) is 1. The fourth-order valence-corrected chi connectivity index (χ4v) is 2.65. The van der Waals surface area contributed by atoms with Crippen LogP contribution in [0.5, 0.6) is 0 Å². The number of pyridine rings is 1. The van der Waals surface area contributed by atoms with E-state index in [1.54, 1.807) is 18.2 Å². The molecule has 0 fully saturated rings. The van der Waals surface area contributed by atoms with Gasteiger partial charge in [0.25, 0.3) is 0 Å². The number of rotatable bonds is 2. The average molecular weight is 382 g/mol. The highest BCUT2D eigenvalue weighted by atomic mass is 79.9. The fraction of sp³-hybridized carbons (Fsp3) is 0.0625. The van der Waals surface area contributed by atoms with Gasteiger partial charge in [-0.15, -0.1) is 0 Å². The zero-order valence-corrected chi connectivity index (χ0v) is 13.2. The third-order valence-corrected chi connectivity index (χ3v) is 3.84. The number of nitrogens with one attached hydrogen (secondary N) is 1. The van der Waals surface area contributed by atoms with Crippen molar-refractivity contribution in [3.8, 4) is 0 Å². The molecule has 3 rings (SSSR count). The van der Waals surface area contributed by atoms with E-state index in [2.05, 4.69) is 26.2 Å². The highest BCUT2D eigenvalue weighted by molar-refractivity contribution is 9.10. The van der Waals surface area contributed by atoms with Gasteiger partial charge in [0, 0.05) is 9.86 Å². The lowest BCUT2D eigenvalue weighted by atomic mass is 10.1. The van der Waals surface area contributed by atoms with Crippen LogP contribution in [0.3, 0.4) is 0 Å². The molecule has 0 bridgehead atoms. The summed E-state index contributed by atoms with van der Waals surface area (Å²) in [4.78, 5) is 4.19. The number of alkyl halides is 3. The Morgan fingerprint density at radius 2 is 1.83 bits per heavy atom. The number of anilines is 3. The first-order valence-corrected chi connectivity index (χ1v) is 7.42. The first-order chi connectivity index (χ1) is 10.9. The van der Waals surface area contributed by atoms with E-state index >= 15 is 0 Å². The number of aromatic nitrogens is 1. The molecule has 0 aliphatic carbocycles. The van der Waals surface area contributed by atoms with Gasteiger partial charge in [0.2, 0.25) is 0 Å². The highest BCUT2D eigenvalue weighted by Gasteiger charge is 2.33. The second-order valence-corrected chi connectivity index (χ2v) is 5.83. The lowest BCUT2D eigenvalue weighted by Crippen LogP contribution is -2.09. The van der Waals surface area contributed by atoms with Crippen LogP contribution in [0, 0.1) is 0 Å². The largest absolute Gasteiger partial charge is 0.418 e. The van der Waals surface area contributed by atoms with Crippen molar-refractivity contribution in [3.05, 3.63) is 58.7 Å². The van der Waals surface area contributed by atoms with Crippen molar-refractivity contribution in [3.63, 3.8) is 0 Å². The van der Waals surface area contributed by atoms with Crippen LogP contribution in [0.1, 0.15) is 5.56 Å². The van der Waals surface area contributed by atoms with Crippen molar-refractivity contribution in [2.45, 2.75) is 6.18 Å². The minimum Gasteiger partial charge on any atom is -0.396 e. The number of para-hydroxylation sites is 1. The summed E-state index contributed by atoms with van der Waals surface area (Å²) in [6.45, 7) is 0. The molecule has 0 saturated carbocycles. The van der Waals surface area contributed by atoms with Gasteiger partial charge in [-0.2, -0.15) is 13.2 Å². The molecule has 0 saturated heterocycles. The van der Waals surface area contributed by atoms with Crippen molar-refractivity contribution in [2.75, 3.05) is 11.1 Å². The Bertz CT molecular complexity index is 873. The van der Waals surface area contributed by atoms with E-state index in [0.29, 0.717) is 16.6 Å². The lowest BCUT2D eigenvalue weighted by Gasteiger charge is -2.17. The smallest absolute Gasteiger partial charge is 0.396 e. The zero-order valence-electron chi connectivity index (χ0n) is 11.7. The van der Waals surface area contributed by atoms with Crippen LogP contribution in [0.4, 0.5) is 30.2 Å². The molecule has 1 aromatic heterocycles. The van der Waals surface area contributed by atoms with Gasteiger partial charge in [-0.05, 0) is 30.3 Å². The SMILES string of the molecule is Nc1cnc2ccc(Br)cc2c1Nc1ccccc1C(F)(F)F. The second kappa shape index (κ2) is 5.73. The predicted molar refractivity (Wildman–Crippen MR) is 88.6 cm³/mol. The van der Waals surface area contributed by atoms with Crippen molar-refractivity contribution >= 4 is 43.9 Å². The van der Waals surface area contributed by atoms with Crippen LogP contribution < -0.4 is 11.1 Å². The summed E-state index contributed by atoms with van der Waals surface area (Å²) >= 11 is 3.35. The Morgan fingerprint density at radius 3 is 2.57 bits per heavy atom. The number of hydrogen-bond donors (Lipinski definition) is 2. The molecule has 0 atom stereocenters. The minimum absolute atomic E-state index is 0.0563. The molecule has 7 heteroatoms. The molecule has 3 N–H and O–H groups in total. The van der Waals surface area contributed by atoms with Crippen LogP contribution in [-0.4, -0.2) is 4.98 Å². The van der Waals surface area contributed by atoms with Crippen molar-refractivity contribution < 1.29 is 13.2 Å². The molecule has 0 spiro atoms. The quantitative estimate of drug-likeness (QED) is 0.629. The Morgan fingerprint density at radius 1 is 1.09 bits per heavy atom. The molecular weight excluding hydrogens is 371 g/mol. The van der Waals surface area contributed by atoms with Gasteiger partial charge >= 0.3 is 6.18 Å². The molecule has 0 radical (unpaired) electrons. The van der Waals surface area contributed by atoms with Gasteiger partial charge < -0.3 is 11.1 Å². The van der Waals surface area contributed by atoms with Crippen molar-refractivity contribution in [2.24, 2.45) is 0 Å². The van der Waals surface area contributed by atoms with Crippen LogP contribution in [0.15, 0.2) is 53.1 Å². The molecular formula is C16H11BrF3N3. The Labute approximate surface area is 138 Å². The molecule has 3 nitrogen and oxygen atoms in total. The van der Waals surface area contributed by atoms with E-state index in [4.69, 9.17) is 5.73 Å². The van der Waals surface area contributed by atoms with E-state index < -0.39 is 11.7 Å². The molecule has 0 aliphatic rings. The van der Waals surface area contributed by atoms with Crippen LogP contribution >= 0.6 is 15.9 Å². The van der Waals surface area contributed by atoms with E-state index in [9.17, 15) is 13.2 Å². The Kier molecular flexibility index (Phi) is 3.89.